The Bertz CT molecular complexity index is 1530. The van der Waals surface area contributed by atoms with Gasteiger partial charge in [-0.2, -0.15) is 30.6 Å². The van der Waals surface area contributed by atoms with Gasteiger partial charge in [0.15, 0.2) is 5.78 Å². The highest BCUT2D eigenvalue weighted by molar-refractivity contribution is 7.89. The van der Waals surface area contributed by atoms with Gasteiger partial charge in [0.2, 0.25) is 10.0 Å². The normalized spacial score (nSPS) is 26.4. The predicted octanol–water partition coefficient (Wildman–Crippen LogP) is 6.41. The van der Waals surface area contributed by atoms with Gasteiger partial charge in [0.25, 0.3) is 0 Å². The summed E-state index contributed by atoms with van der Waals surface area (Å²) in [6.07, 6.45) is -10.1. The number of nitrogens with zero attached hydrogens (tertiary/aromatic N) is 2. The van der Waals surface area contributed by atoms with E-state index >= 15 is 0 Å². The lowest BCUT2D eigenvalue weighted by atomic mass is 9.38. The van der Waals surface area contributed by atoms with Crippen LogP contribution in [-0.2, 0) is 27.5 Å². The first-order chi connectivity index (χ1) is 19.8. The molecule has 3 fully saturated rings. The summed E-state index contributed by atoms with van der Waals surface area (Å²) in [7, 11) is -4.17. The predicted molar refractivity (Wildman–Crippen MR) is 143 cm³/mol. The second-order valence-electron chi connectivity index (χ2n) is 12.3. The number of carbonyl (C=O) groups is 1. The van der Waals surface area contributed by atoms with E-state index in [0.29, 0.717) is 37.2 Å². The average molecular weight is 634 g/mol. The van der Waals surface area contributed by atoms with Crippen LogP contribution < -0.4 is 5.32 Å². The first kappa shape index (κ1) is 31.4. The summed E-state index contributed by atoms with van der Waals surface area (Å²) in [5.41, 5.74) is -3.77. The molecule has 6 nitrogen and oxygen atoms in total. The van der Waals surface area contributed by atoms with Gasteiger partial charge in [0, 0.05) is 30.3 Å². The SMILES string of the molecule is CC1(C)NC(C23CC(N(Cc4ccc(C(F)(F)F)c(F)c4)S(=O)(=O)c4ccccc4)(C2)C3)=N[C@H]1C(=O)CCCC(F)(F)F. The van der Waals surface area contributed by atoms with E-state index in [4.69, 9.17) is 0 Å². The Hall–Kier alpha value is -3.00. The minimum atomic E-state index is -4.90. The van der Waals surface area contributed by atoms with Crippen molar-refractivity contribution >= 4 is 21.6 Å². The number of hydrogen-bond donors (Lipinski definition) is 1. The minimum absolute atomic E-state index is 0.0249. The first-order valence-electron chi connectivity index (χ1n) is 13.7. The fourth-order valence-electron chi connectivity index (χ4n) is 6.57. The third-order valence-corrected chi connectivity index (χ3v) is 10.6. The summed E-state index contributed by atoms with van der Waals surface area (Å²) < 4.78 is 120. The monoisotopic (exact) mass is 633 g/mol. The number of nitrogens with one attached hydrogen (secondary N) is 1. The van der Waals surface area contributed by atoms with Crippen molar-refractivity contribution in [3.63, 3.8) is 0 Å². The number of amidine groups is 1. The molecule has 1 N–H and O–H groups in total. The van der Waals surface area contributed by atoms with E-state index in [1.54, 1.807) is 19.9 Å². The number of carbonyl (C=O) groups excluding carboxylic acids is 1. The largest absolute Gasteiger partial charge is 0.419 e. The quantitative estimate of drug-likeness (QED) is 0.307. The number of alkyl halides is 6. The molecule has 6 rings (SSSR count). The molecule has 1 aliphatic heterocycles. The summed E-state index contributed by atoms with van der Waals surface area (Å²) in [5.74, 6) is -1.43. The van der Waals surface area contributed by atoms with Crippen LogP contribution >= 0.6 is 0 Å². The molecule has 0 amide bonds. The minimum Gasteiger partial charge on any atom is -0.366 e. The highest BCUT2D eigenvalue weighted by Gasteiger charge is 2.75. The summed E-state index contributed by atoms with van der Waals surface area (Å²) in [4.78, 5) is 17.4. The number of aliphatic imine (C=N–C) groups is 1. The molecular formula is C29H30F7N3O3S. The van der Waals surface area contributed by atoms with Crippen molar-refractivity contribution in [2.45, 2.75) is 93.3 Å². The smallest absolute Gasteiger partial charge is 0.366 e. The van der Waals surface area contributed by atoms with Crippen LogP contribution in [0, 0.1) is 11.2 Å². The molecule has 1 atom stereocenters. The van der Waals surface area contributed by atoms with Crippen LogP contribution in [0.15, 0.2) is 58.4 Å². The molecule has 0 saturated heterocycles. The van der Waals surface area contributed by atoms with E-state index in [9.17, 15) is 43.9 Å². The maximum atomic E-state index is 14.4. The first-order valence-corrected chi connectivity index (χ1v) is 15.1. The van der Waals surface area contributed by atoms with Crippen molar-refractivity contribution in [3.8, 4) is 0 Å². The molecule has 43 heavy (non-hydrogen) atoms. The lowest BCUT2D eigenvalue weighted by molar-refractivity contribution is -0.151. The van der Waals surface area contributed by atoms with Crippen molar-refractivity contribution in [2.24, 2.45) is 10.4 Å². The third-order valence-electron chi connectivity index (χ3n) is 8.60. The Kier molecular flexibility index (Phi) is 7.52. The second-order valence-corrected chi connectivity index (χ2v) is 14.2. The van der Waals surface area contributed by atoms with E-state index in [0.717, 1.165) is 6.07 Å². The topological polar surface area (TPSA) is 78.8 Å². The van der Waals surface area contributed by atoms with Gasteiger partial charge >= 0.3 is 12.4 Å². The zero-order valence-corrected chi connectivity index (χ0v) is 24.1. The highest BCUT2D eigenvalue weighted by atomic mass is 32.2. The van der Waals surface area contributed by atoms with Crippen LogP contribution in [0.3, 0.4) is 0 Å². The van der Waals surface area contributed by atoms with E-state index in [-0.39, 0.29) is 29.8 Å². The van der Waals surface area contributed by atoms with E-state index in [1.165, 1.54) is 28.6 Å². The van der Waals surface area contributed by atoms with Crippen LogP contribution in [0.1, 0.15) is 63.5 Å². The van der Waals surface area contributed by atoms with Crippen LogP contribution in [-0.4, -0.2) is 47.6 Å². The van der Waals surface area contributed by atoms with Crippen LogP contribution in [0.5, 0.6) is 0 Å². The lowest BCUT2D eigenvalue weighted by Gasteiger charge is -2.73. The van der Waals surface area contributed by atoms with Gasteiger partial charge in [0.1, 0.15) is 17.7 Å². The number of benzene rings is 2. The Labute approximate surface area is 244 Å². The number of hydrogen-bond acceptors (Lipinski definition) is 5. The van der Waals surface area contributed by atoms with E-state index in [2.05, 4.69) is 10.3 Å². The summed E-state index contributed by atoms with van der Waals surface area (Å²) in [6.45, 7) is 3.08. The maximum Gasteiger partial charge on any atom is 0.419 e. The molecule has 2 aromatic rings. The number of rotatable bonds is 10. The zero-order valence-electron chi connectivity index (χ0n) is 23.3. The van der Waals surface area contributed by atoms with Gasteiger partial charge in [-0.3, -0.25) is 9.79 Å². The van der Waals surface area contributed by atoms with E-state index < -0.39 is 68.5 Å². The Balaban J connectivity index is 1.38. The van der Waals surface area contributed by atoms with Gasteiger partial charge in [0.05, 0.1) is 16.0 Å². The Morgan fingerprint density at radius 3 is 2.21 bits per heavy atom. The molecule has 3 aliphatic carbocycles. The number of sulfonamides is 1. The maximum absolute atomic E-state index is 14.4. The molecular weight excluding hydrogens is 603 g/mol. The summed E-state index contributed by atoms with van der Waals surface area (Å²) >= 11 is 0. The summed E-state index contributed by atoms with van der Waals surface area (Å²) in [6, 6.07) is 8.95. The van der Waals surface area contributed by atoms with Crippen LogP contribution in [0.2, 0.25) is 0 Å². The standard InChI is InChI=1S/C29H30F7N3O3S/c1-25(2)23(22(40)9-6-12-28(31,32)33)37-24(38-25)26-15-27(16-26,17-26)39(43(41,42)19-7-4-3-5-8-19)14-18-10-11-20(21(30)13-18)29(34,35)36/h3-5,7-8,10-11,13,23H,6,9,12,14-17H2,1-2H3,(H,37,38)/t23-,26?,27?/m0/s1. The van der Waals surface area contributed by atoms with Gasteiger partial charge in [-0.05, 0) is 69.4 Å². The molecule has 234 valence electrons. The molecule has 0 unspecified atom stereocenters. The fourth-order valence-corrected chi connectivity index (χ4v) is 8.35. The van der Waals surface area contributed by atoms with Crippen molar-refractivity contribution in [3.05, 3.63) is 65.5 Å². The molecule has 0 spiro atoms. The van der Waals surface area contributed by atoms with Crippen molar-refractivity contribution in [1.82, 2.24) is 9.62 Å². The summed E-state index contributed by atoms with van der Waals surface area (Å²) in [5, 5.41) is 3.24. The zero-order chi connectivity index (χ0) is 31.6. The van der Waals surface area contributed by atoms with Crippen LogP contribution in [0.25, 0.3) is 0 Å². The highest BCUT2D eigenvalue weighted by Crippen LogP contribution is 2.71. The molecule has 2 aromatic carbocycles. The number of ketones is 1. The van der Waals surface area contributed by atoms with E-state index in [1.807, 2.05) is 0 Å². The lowest BCUT2D eigenvalue weighted by Crippen LogP contribution is -2.78. The third kappa shape index (κ3) is 5.79. The molecule has 14 heteroatoms. The molecule has 1 heterocycles. The van der Waals surface area contributed by atoms with Crippen LogP contribution in [0.4, 0.5) is 30.7 Å². The molecule has 4 aliphatic rings. The average Bonchev–Trinajstić information content (AvgIpc) is 3.15. The van der Waals surface area contributed by atoms with Crippen molar-refractivity contribution < 1.29 is 43.9 Å². The van der Waals surface area contributed by atoms with Crippen molar-refractivity contribution in [2.75, 3.05) is 0 Å². The second kappa shape index (κ2) is 10.3. The molecule has 0 radical (unpaired) electrons. The Morgan fingerprint density at radius 2 is 1.65 bits per heavy atom. The molecule has 0 aromatic heterocycles. The number of Topliss-reactive ketones (excluding diaryl/α,β-unsaturated/α-hetero) is 1. The fraction of sp³-hybridized carbons (Fsp3) is 0.517. The van der Waals surface area contributed by atoms with Gasteiger partial charge in [-0.25, -0.2) is 12.8 Å². The molecule has 2 bridgehead atoms. The van der Waals surface area contributed by atoms with Gasteiger partial charge in [-0.15, -0.1) is 0 Å². The van der Waals surface area contributed by atoms with Crippen molar-refractivity contribution in [1.29, 1.82) is 0 Å². The molecule has 3 saturated carbocycles. The van der Waals surface area contributed by atoms with Gasteiger partial charge < -0.3 is 5.32 Å². The Morgan fingerprint density at radius 1 is 1.02 bits per heavy atom. The number of halogens is 7. The van der Waals surface area contributed by atoms with Gasteiger partial charge in [-0.1, -0.05) is 24.3 Å².